The zero-order valence-electron chi connectivity index (χ0n) is 16.3. The lowest BCUT2D eigenvalue weighted by atomic mass is 10.1. The second-order valence-electron chi connectivity index (χ2n) is 6.45. The van der Waals surface area contributed by atoms with Crippen LogP contribution in [0.1, 0.15) is 12.5 Å². The molecular formula is C23H21N3O3S. The topological polar surface area (TPSA) is 79.5 Å². The number of hydrogen-bond acceptors (Lipinski definition) is 4. The Morgan fingerprint density at radius 3 is 2.40 bits per heavy atom. The molecule has 0 saturated carbocycles. The van der Waals surface area contributed by atoms with Gasteiger partial charge >= 0.3 is 0 Å². The van der Waals surface area contributed by atoms with E-state index in [1.54, 1.807) is 13.0 Å². The van der Waals surface area contributed by atoms with Crippen LogP contribution in [0.2, 0.25) is 0 Å². The first-order valence-corrected chi connectivity index (χ1v) is 9.71. The fraction of sp³-hybridized carbons (Fsp3) is 0.0870. The Morgan fingerprint density at radius 2 is 1.63 bits per heavy atom. The van der Waals surface area contributed by atoms with Crippen molar-refractivity contribution < 1.29 is 14.3 Å². The number of thiocarbonyl (C=S) groups is 1. The van der Waals surface area contributed by atoms with Gasteiger partial charge in [-0.05, 0) is 53.7 Å². The number of amides is 2. The van der Waals surface area contributed by atoms with Gasteiger partial charge in [-0.3, -0.25) is 25.8 Å². The van der Waals surface area contributed by atoms with Gasteiger partial charge in [0.15, 0.2) is 11.2 Å². The molecule has 0 saturated heterocycles. The molecule has 0 bridgehead atoms. The third kappa shape index (κ3) is 6.15. The zero-order chi connectivity index (χ0) is 21.3. The molecule has 0 radical (unpaired) electrons. The van der Waals surface area contributed by atoms with E-state index in [1.165, 1.54) is 6.08 Å². The second kappa shape index (κ2) is 10.2. The predicted molar refractivity (Wildman–Crippen MR) is 122 cm³/mol. The molecule has 2 amide bonds. The van der Waals surface area contributed by atoms with Crippen molar-refractivity contribution in [3.8, 4) is 5.75 Å². The highest BCUT2D eigenvalue weighted by Crippen LogP contribution is 2.21. The van der Waals surface area contributed by atoms with Crippen LogP contribution in [0, 0.1) is 0 Å². The molecule has 6 nitrogen and oxygen atoms in total. The third-order valence-electron chi connectivity index (χ3n) is 4.17. The van der Waals surface area contributed by atoms with Crippen molar-refractivity contribution in [2.45, 2.75) is 13.0 Å². The Morgan fingerprint density at radius 1 is 0.933 bits per heavy atom. The largest absolute Gasteiger partial charge is 0.481 e. The van der Waals surface area contributed by atoms with Gasteiger partial charge in [-0.1, -0.05) is 60.7 Å². The lowest BCUT2D eigenvalue weighted by Gasteiger charge is -2.16. The maximum Gasteiger partial charge on any atom is 0.279 e. The predicted octanol–water partition coefficient (Wildman–Crippen LogP) is 3.34. The Hall–Kier alpha value is -3.71. The molecule has 7 heteroatoms. The summed E-state index contributed by atoms with van der Waals surface area (Å²) in [5, 5.41) is 4.54. The van der Waals surface area contributed by atoms with Crippen molar-refractivity contribution in [2.24, 2.45) is 0 Å². The molecule has 0 aliphatic rings. The van der Waals surface area contributed by atoms with Crippen LogP contribution in [0.5, 0.6) is 5.75 Å². The van der Waals surface area contributed by atoms with Crippen molar-refractivity contribution in [3.63, 3.8) is 0 Å². The van der Waals surface area contributed by atoms with Crippen LogP contribution in [0.3, 0.4) is 0 Å². The highest BCUT2D eigenvalue weighted by molar-refractivity contribution is 7.80. The maximum atomic E-state index is 12.2. The van der Waals surface area contributed by atoms with E-state index in [4.69, 9.17) is 17.0 Å². The molecule has 3 aromatic carbocycles. The van der Waals surface area contributed by atoms with Gasteiger partial charge in [0.2, 0.25) is 5.91 Å². The number of benzene rings is 3. The van der Waals surface area contributed by atoms with E-state index in [2.05, 4.69) is 16.2 Å². The Kier molecular flexibility index (Phi) is 7.13. The van der Waals surface area contributed by atoms with Crippen LogP contribution < -0.4 is 20.9 Å². The van der Waals surface area contributed by atoms with Gasteiger partial charge in [-0.25, -0.2) is 0 Å². The van der Waals surface area contributed by atoms with E-state index >= 15 is 0 Å². The quantitative estimate of drug-likeness (QED) is 0.336. The molecule has 3 N–H and O–H groups in total. The summed E-state index contributed by atoms with van der Waals surface area (Å²) in [5.41, 5.74) is 5.81. The minimum absolute atomic E-state index is 0.0241. The lowest BCUT2D eigenvalue weighted by molar-refractivity contribution is -0.128. The summed E-state index contributed by atoms with van der Waals surface area (Å²) in [7, 11) is 0. The van der Waals surface area contributed by atoms with E-state index in [1.807, 2.05) is 72.8 Å². The minimum atomic E-state index is -0.768. The molecule has 0 aromatic heterocycles. The van der Waals surface area contributed by atoms with Crippen LogP contribution in [0.25, 0.3) is 16.8 Å². The van der Waals surface area contributed by atoms with Gasteiger partial charge in [-0.15, -0.1) is 0 Å². The van der Waals surface area contributed by atoms with Crippen molar-refractivity contribution >= 4 is 46.0 Å². The van der Waals surface area contributed by atoms with Crippen molar-refractivity contribution in [2.75, 3.05) is 0 Å². The molecule has 3 aromatic rings. The van der Waals surface area contributed by atoms with Gasteiger partial charge in [0.1, 0.15) is 5.75 Å². The molecule has 0 fully saturated rings. The summed E-state index contributed by atoms with van der Waals surface area (Å²) in [6.45, 7) is 1.62. The van der Waals surface area contributed by atoms with Gasteiger partial charge in [-0.2, -0.15) is 0 Å². The molecule has 152 valence electrons. The SMILES string of the molecule is C[C@@H](Oc1ccc2ccccc2c1)C(=O)NNC(=S)NC(=O)/C=C/c1ccccc1. The smallest absolute Gasteiger partial charge is 0.279 e. The van der Waals surface area contributed by atoms with Crippen molar-refractivity contribution in [3.05, 3.63) is 84.4 Å². The third-order valence-corrected chi connectivity index (χ3v) is 4.37. The molecule has 0 unspecified atom stereocenters. The Bertz CT molecular complexity index is 1080. The first kappa shape index (κ1) is 21.0. The number of carbonyl (C=O) groups excluding carboxylic acids is 2. The monoisotopic (exact) mass is 419 g/mol. The summed E-state index contributed by atoms with van der Waals surface area (Å²) < 4.78 is 5.69. The van der Waals surface area contributed by atoms with E-state index in [0.717, 1.165) is 16.3 Å². The summed E-state index contributed by atoms with van der Waals surface area (Å²) in [6, 6.07) is 22.9. The van der Waals surface area contributed by atoms with Gasteiger partial charge in [0.25, 0.3) is 5.91 Å². The maximum absolute atomic E-state index is 12.2. The summed E-state index contributed by atoms with van der Waals surface area (Å²) >= 11 is 5.02. The van der Waals surface area contributed by atoms with Crippen molar-refractivity contribution in [1.82, 2.24) is 16.2 Å². The van der Waals surface area contributed by atoms with Crippen LogP contribution >= 0.6 is 12.2 Å². The number of rotatable bonds is 5. The zero-order valence-corrected chi connectivity index (χ0v) is 17.1. The molecule has 30 heavy (non-hydrogen) atoms. The average molecular weight is 420 g/mol. The first-order valence-electron chi connectivity index (χ1n) is 9.30. The number of nitrogens with one attached hydrogen (secondary N) is 3. The van der Waals surface area contributed by atoms with Crippen LogP contribution in [0.15, 0.2) is 78.9 Å². The van der Waals surface area contributed by atoms with E-state index in [-0.39, 0.29) is 5.11 Å². The van der Waals surface area contributed by atoms with Crippen LogP contribution in [0.4, 0.5) is 0 Å². The summed E-state index contributed by atoms with van der Waals surface area (Å²) in [5.74, 6) is -0.260. The second-order valence-corrected chi connectivity index (χ2v) is 6.85. The molecule has 1 atom stereocenters. The summed E-state index contributed by atoms with van der Waals surface area (Å²) in [6.07, 6.45) is 2.25. The highest BCUT2D eigenvalue weighted by atomic mass is 32.1. The number of hydrogen-bond donors (Lipinski definition) is 3. The summed E-state index contributed by atoms with van der Waals surface area (Å²) in [4.78, 5) is 24.1. The fourth-order valence-corrected chi connectivity index (χ4v) is 2.79. The normalized spacial score (nSPS) is 11.6. The standard InChI is InChI=1S/C23H21N3O3S/c1-16(29-20-13-12-18-9-5-6-10-19(18)15-20)22(28)25-26-23(30)24-21(27)14-11-17-7-3-2-4-8-17/h2-16H,1H3,(H,25,28)(H2,24,26,27,30)/b14-11+/t16-/m1/s1. The highest BCUT2D eigenvalue weighted by Gasteiger charge is 2.15. The van der Waals surface area contributed by atoms with Gasteiger partial charge < -0.3 is 4.74 Å². The fourth-order valence-electron chi connectivity index (χ4n) is 2.64. The Balaban J connectivity index is 1.45. The van der Waals surface area contributed by atoms with Crippen LogP contribution in [-0.2, 0) is 9.59 Å². The molecule has 0 heterocycles. The number of fused-ring (bicyclic) bond motifs is 1. The van der Waals surface area contributed by atoms with E-state index < -0.39 is 17.9 Å². The number of carbonyl (C=O) groups is 2. The molecule has 0 aliphatic carbocycles. The molecule has 3 rings (SSSR count). The minimum Gasteiger partial charge on any atom is -0.481 e. The van der Waals surface area contributed by atoms with E-state index in [0.29, 0.717) is 5.75 Å². The van der Waals surface area contributed by atoms with Gasteiger partial charge in [0.05, 0.1) is 0 Å². The molecule has 0 spiro atoms. The average Bonchev–Trinajstić information content (AvgIpc) is 2.76. The van der Waals surface area contributed by atoms with Crippen LogP contribution in [-0.4, -0.2) is 23.0 Å². The number of ether oxygens (including phenoxy) is 1. The lowest BCUT2D eigenvalue weighted by Crippen LogP contribution is -2.51. The van der Waals surface area contributed by atoms with E-state index in [9.17, 15) is 9.59 Å². The molecular weight excluding hydrogens is 398 g/mol. The Labute approximate surface area is 179 Å². The molecule has 0 aliphatic heterocycles. The van der Waals surface area contributed by atoms with Gasteiger partial charge in [0, 0.05) is 6.08 Å². The van der Waals surface area contributed by atoms with Crippen molar-refractivity contribution in [1.29, 1.82) is 0 Å². The first-order chi connectivity index (χ1) is 14.5. The number of hydrazine groups is 1.